The minimum Gasteiger partial charge on any atom is -0.0587 e. The van der Waals surface area contributed by atoms with Crippen molar-refractivity contribution in [3.05, 3.63) is 98.7 Å². The molecule has 122 valence electrons. The van der Waals surface area contributed by atoms with Crippen LogP contribution in [0.1, 0.15) is 47.2 Å². The van der Waals surface area contributed by atoms with Crippen LogP contribution in [0.25, 0.3) is 5.57 Å². The van der Waals surface area contributed by atoms with Crippen molar-refractivity contribution in [1.29, 1.82) is 0 Å². The van der Waals surface area contributed by atoms with Gasteiger partial charge in [0.1, 0.15) is 0 Å². The molecule has 0 aromatic heterocycles. The highest BCUT2D eigenvalue weighted by molar-refractivity contribution is 5.89. The van der Waals surface area contributed by atoms with Crippen LogP contribution in [0.15, 0.2) is 65.3 Å². The lowest BCUT2D eigenvalue weighted by Crippen LogP contribution is -1.99. The van der Waals surface area contributed by atoms with Crippen LogP contribution in [-0.2, 0) is 0 Å². The van der Waals surface area contributed by atoms with Gasteiger partial charge in [-0.05, 0) is 80.5 Å². The average molecular weight is 314 g/mol. The maximum Gasteiger partial charge on any atom is -0.00308 e. The molecule has 0 radical (unpaired) electrons. The lowest BCUT2D eigenvalue weighted by Gasteiger charge is -2.18. The fourth-order valence-corrected chi connectivity index (χ4v) is 3.70. The second-order valence-electron chi connectivity index (χ2n) is 7.14. The van der Waals surface area contributed by atoms with E-state index in [1.54, 1.807) is 0 Å². The van der Waals surface area contributed by atoms with E-state index in [1.165, 1.54) is 55.7 Å². The lowest BCUT2D eigenvalue weighted by molar-refractivity contribution is 1.31. The van der Waals surface area contributed by atoms with Crippen molar-refractivity contribution in [3.8, 4) is 0 Å². The molecule has 0 heteroatoms. The molecule has 0 nitrogen and oxygen atoms in total. The van der Waals surface area contributed by atoms with E-state index in [1.807, 2.05) is 0 Å². The Kier molecular flexibility index (Phi) is 4.32. The molecule has 0 saturated heterocycles. The van der Waals surface area contributed by atoms with Crippen molar-refractivity contribution in [3.63, 3.8) is 0 Å². The fourth-order valence-electron chi connectivity index (χ4n) is 3.70. The Morgan fingerprint density at radius 1 is 0.625 bits per heavy atom. The molecule has 0 spiro atoms. The summed E-state index contributed by atoms with van der Waals surface area (Å²) in [5, 5.41) is 0. The Hall–Kier alpha value is -2.34. The summed E-state index contributed by atoms with van der Waals surface area (Å²) in [4.78, 5) is 0. The van der Waals surface area contributed by atoms with E-state index in [0.717, 1.165) is 0 Å². The third-order valence-electron chi connectivity index (χ3n) is 4.81. The highest BCUT2D eigenvalue weighted by Gasteiger charge is 2.18. The number of benzene rings is 2. The SMILES string of the molecule is CC1=CC(=C(c2ccc(C)cc2C)c2ccc(C)cc2C)C(C)=C1. The first-order valence-electron chi connectivity index (χ1n) is 8.63. The van der Waals surface area contributed by atoms with Gasteiger partial charge in [-0.25, -0.2) is 0 Å². The summed E-state index contributed by atoms with van der Waals surface area (Å²) in [6.45, 7) is 13.2. The summed E-state index contributed by atoms with van der Waals surface area (Å²) in [5.41, 5.74) is 13.4. The van der Waals surface area contributed by atoms with Gasteiger partial charge < -0.3 is 0 Å². The summed E-state index contributed by atoms with van der Waals surface area (Å²) < 4.78 is 0. The van der Waals surface area contributed by atoms with Gasteiger partial charge in [-0.3, -0.25) is 0 Å². The van der Waals surface area contributed by atoms with Crippen LogP contribution in [0.4, 0.5) is 0 Å². The first-order chi connectivity index (χ1) is 11.4. The highest BCUT2D eigenvalue weighted by atomic mass is 14.2. The monoisotopic (exact) mass is 314 g/mol. The van der Waals surface area contributed by atoms with Crippen LogP contribution in [0.2, 0.25) is 0 Å². The quantitative estimate of drug-likeness (QED) is 0.583. The fraction of sp³-hybridized carbons (Fsp3) is 0.250. The molecule has 0 amide bonds. The van der Waals surface area contributed by atoms with Crippen molar-refractivity contribution in [2.24, 2.45) is 0 Å². The van der Waals surface area contributed by atoms with Crippen LogP contribution in [0.3, 0.4) is 0 Å². The van der Waals surface area contributed by atoms with Gasteiger partial charge in [0.15, 0.2) is 0 Å². The van der Waals surface area contributed by atoms with Crippen molar-refractivity contribution < 1.29 is 0 Å². The van der Waals surface area contributed by atoms with E-state index < -0.39 is 0 Å². The molecule has 1 aliphatic rings. The molecular weight excluding hydrogens is 288 g/mol. The van der Waals surface area contributed by atoms with Crippen molar-refractivity contribution in [2.45, 2.75) is 41.5 Å². The molecule has 2 aromatic carbocycles. The molecule has 3 rings (SSSR count). The Morgan fingerprint density at radius 2 is 1.12 bits per heavy atom. The van der Waals surface area contributed by atoms with Crippen molar-refractivity contribution in [2.75, 3.05) is 0 Å². The second kappa shape index (κ2) is 6.28. The number of allylic oxidation sites excluding steroid dienone is 5. The predicted octanol–water partition coefficient (Wildman–Crippen LogP) is 6.63. The summed E-state index contributed by atoms with van der Waals surface area (Å²) >= 11 is 0. The van der Waals surface area contributed by atoms with Crippen LogP contribution in [0.5, 0.6) is 0 Å². The average Bonchev–Trinajstić information content (AvgIpc) is 2.82. The molecule has 0 N–H and O–H groups in total. The highest BCUT2D eigenvalue weighted by Crippen LogP contribution is 2.38. The van der Waals surface area contributed by atoms with Gasteiger partial charge in [0.05, 0.1) is 0 Å². The van der Waals surface area contributed by atoms with Gasteiger partial charge in [-0.1, -0.05) is 65.3 Å². The van der Waals surface area contributed by atoms with Gasteiger partial charge in [0, 0.05) is 0 Å². The zero-order valence-corrected chi connectivity index (χ0v) is 15.6. The standard InChI is InChI=1S/C24H26/c1-15-7-9-21(18(4)11-15)24(23-14-17(3)13-20(23)6)22-10-8-16(2)12-19(22)5/h7-14H,1-6H3. The van der Waals surface area contributed by atoms with Crippen LogP contribution < -0.4 is 0 Å². The predicted molar refractivity (Wildman–Crippen MR) is 105 cm³/mol. The van der Waals surface area contributed by atoms with Gasteiger partial charge in [-0.15, -0.1) is 0 Å². The largest absolute Gasteiger partial charge is 0.0587 e. The van der Waals surface area contributed by atoms with Crippen LogP contribution >= 0.6 is 0 Å². The maximum atomic E-state index is 2.32. The number of rotatable bonds is 2. The molecule has 1 aliphatic carbocycles. The Labute approximate surface area is 146 Å². The summed E-state index contributed by atoms with van der Waals surface area (Å²) in [6, 6.07) is 13.6. The minimum atomic E-state index is 1.31. The van der Waals surface area contributed by atoms with Crippen LogP contribution in [0, 0.1) is 27.7 Å². The minimum absolute atomic E-state index is 1.31. The topological polar surface area (TPSA) is 0 Å². The normalized spacial score (nSPS) is 13.8. The van der Waals surface area contributed by atoms with E-state index >= 15 is 0 Å². The van der Waals surface area contributed by atoms with E-state index in [0.29, 0.717) is 0 Å². The molecule has 0 atom stereocenters. The zero-order chi connectivity index (χ0) is 17.4. The second-order valence-corrected chi connectivity index (χ2v) is 7.14. The molecule has 0 saturated carbocycles. The first kappa shape index (κ1) is 16.5. The molecular formula is C24H26. The summed E-state index contributed by atoms with van der Waals surface area (Å²) in [7, 11) is 0. The Balaban J connectivity index is 2.35. The number of aryl methyl sites for hydroxylation is 4. The Bertz CT molecular complexity index is 848. The smallest absolute Gasteiger partial charge is 0.00308 e. The van der Waals surface area contributed by atoms with Crippen molar-refractivity contribution >= 4 is 5.57 Å². The van der Waals surface area contributed by atoms with Gasteiger partial charge in [-0.2, -0.15) is 0 Å². The van der Waals surface area contributed by atoms with Gasteiger partial charge >= 0.3 is 0 Å². The summed E-state index contributed by atoms with van der Waals surface area (Å²) in [5.74, 6) is 0. The zero-order valence-electron chi connectivity index (χ0n) is 15.6. The lowest BCUT2D eigenvalue weighted by atomic mass is 9.86. The Morgan fingerprint density at radius 3 is 1.50 bits per heavy atom. The molecule has 0 fully saturated rings. The van der Waals surface area contributed by atoms with E-state index in [4.69, 9.17) is 0 Å². The third kappa shape index (κ3) is 3.01. The first-order valence-corrected chi connectivity index (χ1v) is 8.63. The summed E-state index contributed by atoms with van der Waals surface area (Å²) in [6.07, 6.45) is 4.60. The number of hydrogen-bond acceptors (Lipinski definition) is 0. The van der Waals surface area contributed by atoms with Gasteiger partial charge in [0.2, 0.25) is 0 Å². The van der Waals surface area contributed by atoms with Crippen LogP contribution in [-0.4, -0.2) is 0 Å². The van der Waals surface area contributed by atoms with E-state index in [9.17, 15) is 0 Å². The van der Waals surface area contributed by atoms with E-state index in [2.05, 4.69) is 90.1 Å². The third-order valence-corrected chi connectivity index (χ3v) is 4.81. The van der Waals surface area contributed by atoms with E-state index in [-0.39, 0.29) is 0 Å². The molecule has 0 bridgehead atoms. The molecule has 0 aliphatic heterocycles. The molecule has 24 heavy (non-hydrogen) atoms. The maximum absolute atomic E-state index is 2.32. The van der Waals surface area contributed by atoms with Crippen molar-refractivity contribution in [1.82, 2.24) is 0 Å². The molecule has 0 unspecified atom stereocenters. The number of hydrogen-bond donors (Lipinski definition) is 0. The van der Waals surface area contributed by atoms with Gasteiger partial charge in [0.25, 0.3) is 0 Å². The molecule has 2 aromatic rings. The molecule has 0 heterocycles.